The Balaban J connectivity index is 1.71. The Morgan fingerprint density at radius 2 is 1.69 bits per heavy atom. The van der Waals surface area contributed by atoms with Crippen LogP contribution in [0.25, 0.3) is 0 Å². The van der Waals surface area contributed by atoms with Crippen LogP contribution in [0.3, 0.4) is 0 Å². The highest BCUT2D eigenvalue weighted by atomic mass is 16.1. The van der Waals surface area contributed by atoms with Crippen LogP contribution in [0.2, 0.25) is 0 Å². The van der Waals surface area contributed by atoms with Gasteiger partial charge in [0.05, 0.1) is 0 Å². The maximum atomic E-state index is 12.1. The van der Waals surface area contributed by atoms with Gasteiger partial charge in [0.25, 0.3) is 0 Å². The first kappa shape index (κ1) is 8.43. The van der Waals surface area contributed by atoms with Crippen LogP contribution < -0.4 is 0 Å². The molecule has 84 valence electrons. The molecule has 0 aromatic heterocycles. The Kier molecular flexibility index (Phi) is 1.21. The van der Waals surface area contributed by atoms with E-state index in [0.717, 1.165) is 24.7 Å². The molecule has 0 unspecified atom stereocenters. The van der Waals surface area contributed by atoms with E-state index in [1.54, 1.807) is 0 Å². The average Bonchev–Trinajstić information content (AvgIpc) is 2.89. The van der Waals surface area contributed by atoms with Crippen LogP contribution >= 0.6 is 0 Å². The maximum Gasteiger partial charge on any atom is 0.136 e. The lowest BCUT2D eigenvalue weighted by Crippen LogP contribution is -2.18. The lowest BCUT2D eigenvalue weighted by atomic mass is 9.87. The molecule has 5 saturated carbocycles. The molecule has 2 heteroatoms. The van der Waals surface area contributed by atoms with Crippen molar-refractivity contribution >= 4 is 11.6 Å². The third-order valence-electron chi connectivity index (χ3n) is 6.66. The van der Waals surface area contributed by atoms with Gasteiger partial charge in [-0.3, -0.25) is 9.59 Å². The maximum absolute atomic E-state index is 12.1. The van der Waals surface area contributed by atoms with E-state index in [0.29, 0.717) is 47.1 Å². The van der Waals surface area contributed by atoms with Crippen molar-refractivity contribution in [2.75, 3.05) is 0 Å². The summed E-state index contributed by atoms with van der Waals surface area (Å²) in [5, 5.41) is 0. The highest BCUT2D eigenvalue weighted by Crippen LogP contribution is 2.72. The number of hydrogen-bond acceptors (Lipinski definition) is 2. The summed E-state index contributed by atoms with van der Waals surface area (Å²) in [4.78, 5) is 24.1. The number of Topliss-reactive ketones (excluding diaryl/α,β-unsaturated/α-hetero) is 2. The van der Waals surface area contributed by atoms with Gasteiger partial charge < -0.3 is 0 Å². The minimum atomic E-state index is 0.319. The van der Waals surface area contributed by atoms with Gasteiger partial charge in [0.15, 0.2) is 0 Å². The topological polar surface area (TPSA) is 34.1 Å². The minimum absolute atomic E-state index is 0.319. The first-order valence-corrected chi connectivity index (χ1v) is 6.81. The summed E-state index contributed by atoms with van der Waals surface area (Å²) < 4.78 is 0. The van der Waals surface area contributed by atoms with Crippen LogP contribution in [0.1, 0.15) is 25.7 Å². The van der Waals surface area contributed by atoms with Crippen LogP contribution in [0.5, 0.6) is 0 Å². The fraction of sp³-hybridized carbons (Fsp3) is 0.857. The number of rotatable bonds is 0. The highest BCUT2D eigenvalue weighted by molar-refractivity contribution is 5.90. The van der Waals surface area contributed by atoms with Crippen molar-refractivity contribution in [2.24, 2.45) is 47.3 Å². The molecular weight excluding hydrogens is 200 g/mol. The normalized spacial score (nSPS) is 64.8. The van der Waals surface area contributed by atoms with Crippen molar-refractivity contribution in [3.8, 4) is 0 Å². The molecule has 0 amide bonds. The van der Waals surface area contributed by atoms with Gasteiger partial charge in [-0.25, -0.2) is 0 Å². The Bertz CT molecular complexity index is 426. The number of carbonyl (C=O) groups excluding carboxylic acids is 2. The summed E-state index contributed by atoms with van der Waals surface area (Å²) in [6.07, 6.45) is 4.05. The monoisotopic (exact) mass is 216 g/mol. The predicted octanol–water partition coefficient (Wildman–Crippen LogP) is 1.68. The van der Waals surface area contributed by atoms with Gasteiger partial charge in [-0.05, 0) is 48.3 Å². The highest BCUT2D eigenvalue weighted by Gasteiger charge is 2.71. The zero-order valence-electron chi connectivity index (χ0n) is 9.26. The third-order valence-corrected chi connectivity index (χ3v) is 6.66. The van der Waals surface area contributed by atoms with Crippen LogP contribution in [0.15, 0.2) is 0 Å². The van der Waals surface area contributed by atoms with Crippen molar-refractivity contribution in [3.63, 3.8) is 0 Å². The van der Waals surface area contributed by atoms with E-state index in [-0.39, 0.29) is 0 Å². The van der Waals surface area contributed by atoms with Crippen molar-refractivity contribution < 1.29 is 9.59 Å². The third kappa shape index (κ3) is 0.663. The van der Waals surface area contributed by atoms with Crippen LogP contribution in [0, 0.1) is 47.3 Å². The van der Waals surface area contributed by atoms with Gasteiger partial charge in [-0.15, -0.1) is 0 Å². The van der Waals surface area contributed by atoms with Crippen LogP contribution in [-0.4, -0.2) is 11.6 Å². The van der Waals surface area contributed by atoms with E-state index < -0.39 is 0 Å². The van der Waals surface area contributed by atoms with Gasteiger partial charge in [-0.2, -0.15) is 0 Å². The van der Waals surface area contributed by atoms with Gasteiger partial charge in [0.1, 0.15) is 11.6 Å². The summed E-state index contributed by atoms with van der Waals surface area (Å²) in [5.41, 5.74) is 0. The number of carbonyl (C=O) groups is 2. The van der Waals surface area contributed by atoms with Crippen molar-refractivity contribution in [1.82, 2.24) is 0 Å². The second kappa shape index (κ2) is 2.30. The fourth-order valence-electron chi connectivity index (χ4n) is 6.61. The second-order valence-electron chi connectivity index (χ2n) is 6.86. The van der Waals surface area contributed by atoms with E-state index >= 15 is 0 Å². The Hall–Kier alpha value is -0.660. The quantitative estimate of drug-likeness (QED) is 0.617. The van der Waals surface area contributed by atoms with Gasteiger partial charge in [-0.1, -0.05) is 0 Å². The van der Waals surface area contributed by atoms with Gasteiger partial charge >= 0.3 is 0 Å². The molecule has 0 spiro atoms. The molecule has 8 atom stereocenters. The zero-order chi connectivity index (χ0) is 10.6. The molecule has 0 aliphatic heterocycles. The van der Waals surface area contributed by atoms with E-state index in [1.807, 2.05) is 0 Å². The molecule has 0 N–H and O–H groups in total. The molecule has 5 aliphatic carbocycles. The van der Waals surface area contributed by atoms with E-state index in [4.69, 9.17) is 0 Å². The predicted molar refractivity (Wildman–Crippen MR) is 56.4 cm³/mol. The van der Waals surface area contributed by atoms with Crippen molar-refractivity contribution in [2.45, 2.75) is 25.7 Å². The SMILES string of the molecule is O=C1C[C@@H]2C[C@@H]3C[C@@H]4C(=O)C[C@@H]5[C@H]1[C@H]2[C@H]3[C@@H]54. The summed E-state index contributed by atoms with van der Waals surface area (Å²) >= 11 is 0. The number of fused-ring (bicyclic) bond motifs is 1. The molecule has 0 radical (unpaired) electrons. The molecule has 0 heterocycles. The van der Waals surface area contributed by atoms with Crippen molar-refractivity contribution in [3.05, 3.63) is 0 Å². The minimum Gasteiger partial charge on any atom is -0.299 e. The molecule has 0 aromatic rings. The standard InChI is InChI=1S/C14H16O2/c15-9-4-8-13-7(9)2-5-1-6-3-10(16)14(8)12(6)11(5)13/h5-8,11-14H,1-4H2/t5-,6+,7-,8+,11+,12-,13-,14-/m1/s1. The Labute approximate surface area is 94.8 Å². The largest absolute Gasteiger partial charge is 0.299 e. The van der Waals surface area contributed by atoms with Gasteiger partial charge in [0.2, 0.25) is 0 Å². The zero-order valence-corrected chi connectivity index (χ0v) is 9.26. The molecular formula is C14H16O2. The molecule has 5 fully saturated rings. The van der Waals surface area contributed by atoms with E-state index in [2.05, 4.69) is 0 Å². The average molecular weight is 216 g/mol. The molecule has 5 rings (SSSR count). The van der Waals surface area contributed by atoms with E-state index in [1.165, 1.54) is 12.8 Å². The molecule has 0 saturated heterocycles. The number of ketones is 2. The molecule has 5 aliphatic rings. The molecule has 0 aromatic carbocycles. The summed E-state index contributed by atoms with van der Waals surface area (Å²) in [6.45, 7) is 0. The van der Waals surface area contributed by atoms with Crippen molar-refractivity contribution in [1.29, 1.82) is 0 Å². The molecule has 16 heavy (non-hydrogen) atoms. The first-order chi connectivity index (χ1) is 7.75. The summed E-state index contributed by atoms with van der Waals surface area (Å²) in [7, 11) is 0. The summed E-state index contributed by atoms with van der Waals surface area (Å²) in [5.74, 6) is 5.86. The second-order valence-corrected chi connectivity index (χ2v) is 6.86. The number of hydrogen-bond donors (Lipinski definition) is 0. The lowest BCUT2D eigenvalue weighted by Gasteiger charge is -2.15. The fourth-order valence-corrected chi connectivity index (χ4v) is 6.61. The smallest absolute Gasteiger partial charge is 0.136 e. The summed E-state index contributed by atoms with van der Waals surface area (Å²) in [6, 6.07) is 0. The molecule has 0 bridgehead atoms. The van der Waals surface area contributed by atoms with E-state index in [9.17, 15) is 9.59 Å². The molecule has 2 nitrogen and oxygen atoms in total. The Morgan fingerprint density at radius 1 is 0.812 bits per heavy atom. The van der Waals surface area contributed by atoms with Gasteiger partial charge in [0, 0.05) is 24.7 Å². The van der Waals surface area contributed by atoms with Crippen LogP contribution in [-0.2, 0) is 9.59 Å². The van der Waals surface area contributed by atoms with Crippen LogP contribution in [0.4, 0.5) is 0 Å². The lowest BCUT2D eigenvalue weighted by molar-refractivity contribution is -0.122. The Morgan fingerprint density at radius 3 is 2.56 bits per heavy atom. The first-order valence-electron chi connectivity index (χ1n) is 6.81.